The molecule has 0 aliphatic carbocycles. The molecule has 0 aliphatic rings. The fraction of sp³-hybridized carbons (Fsp3) is 0.364. The van der Waals surface area contributed by atoms with E-state index in [4.69, 9.17) is 5.14 Å². The zero-order valence-corrected chi connectivity index (χ0v) is 10.7. The van der Waals surface area contributed by atoms with E-state index in [0.29, 0.717) is 13.1 Å². The molecule has 0 unspecified atom stereocenters. The Morgan fingerprint density at radius 2 is 1.76 bits per heavy atom. The minimum atomic E-state index is -3.88. The molecule has 1 rings (SSSR count). The van der Waals surface area contributed by atoms with E-state index in [2.05, 4.69) is 0 Å². The molecule has 5 nitrogen and oxygen atoms in total. The highest BCUT2D eigenvalue weighted by atomic mass is 32.2. The number of rotatable bonds is 4. The van der Waals surface area contributed by atoms with Crippen LogP contribution in [0.25, 0.3) is 0 Å². The van der Waals surface area contributed by atoms with Gasteiger partial charge in [-0.3, -0.25) is 4.79 Å². The zero-order valence-electron chi connectivity index (χ0n) is 9.88. The molecule has 1 aromatic carbocycles. The number of amides is 1. The van der Waals surface area contributed by atoms with Gasteiger partial charge in [0.15, 0.2) is 0 Å². The maximum absolute atomic E-state index is 12.1. The van der Waals surface area contributed by atoms with Gasteiger partial charge in [0.1, 0.15) is 0 Å². The lowest BCUT2D eigenvalue weighted by Gasteiger charge is -2.19. The third kappa shape index (κ3) is 3.04. The van der Waals surface area contributed by atoms with Crippen LogP contribution in [0.1, 0.15) is 24.2 Å². The lowest BCUT2D eigenvalue weighted by molar-refractivity contribution is 0.0769. The molecule has 0 saturated heterocycles. The predicted octanol–water partition coefficient (Wildman–Crippen LogP) is 0.816. The van der Waals surface area contributed by atoms with E-state index in [9.17, 15) is 13.2 Å². The third-order valence-electron chi connectivity index (χ3n) is 2.47. The maximum Gasteiger partial charge on any atom is 0.255 e. The molecule has 1 amide bonds. The largest absolute Gasteiger partial charge is 0.339 e. The molecular weight excluding hydrogens is 240 g/mol. The molecule has 94 valence electrons. The lowest BCUT2D eigenvalue weighted by Crippen LogP contribution is -2.32. The van der Waals surface area contributed by atoms with Crippen molar-refractivity contribution in [3.8, 4) is 0 Å². The number of primary sulfonamides is 1. The molecule has 17 heavy (non-hydrogen) atoms. The van der Waals surface area contributed by atoms with Gasteiger partial charge in [0.25, 0.3) is 5.91 Å². The Labute approximate surface area is 101 Å². The van der Waals surface area contributed by atoms with Gasteiger partial charge >= 0.3 is 0 Å². The highest BCUT2D eigenvalue weighted by molar-refractivity contribution is 7.89. The number of nitrogens with zero attached hydrogens (tertiary/aromatic N) is 1. The second-order valence-electron chi connectivity index (χ2n) is 3.52. The van der Waals surface area contributed by atoms with Crippen molar-refractivity contribution >= 4 is 15.9 Å². The standard InChI is InChI=1S/C11H16N2O3S/c1-3-13(4-2)11(14)9-7-5-6-8-10(9)17(12,15)16/h5-8H,3-4H2,1-2H3,(H2,12,15,16). The molecule has 0 heterocycles. The Kier molecular flexibility index (Phi) is 4.25. The van der Waals surface area contributed by atoms with E-state index in [1.807, 2.05) is 13.8 Å². The first-order chi connectivity index (χ1) is 7.91. The number of sulfonamides is 1. The summed E-state index contributed by atoms with van der Waals surface area (Å²) in [7, 11) is -3.88. The molecule has 0 radical (unpaired) electrons. The second kappa shape index (κ2) is 5.29. The third-order valence-corrected chi connectivity index (χ3v) is 3.44. The summed E-state index contributed by atoms with van der Waals surface area (Å²) in [5.41, 5.74) is 0.124. The summed E-state index contributed by atoms with van der Waals surface area (Å²) in [6.45, 7) is 4.71. The number of benzene rings is 1. The molecule has 0 aromatic heterocycles. The van der Waals surface area contributed by atoms with Gasteiger partial charge < -0.3 is 4.90 Å². The summed E-state index contributed by atoms with van der Waals surface area (Å²) in [4.78, 5) is 13.5. The van der Waals surface area contributed by atoms with Crippen molar-refractivity contribution in [3.05, 3.63) is 29.8 Å². The molecule has 1 aromatic rings. The van der Waals surface area contributed by atoms with E-state index in [0.717, 1.165) is 0 Å². The van der Waals surface area contributed by atoms with Crippen LogP contribution in [-0.4, -0.2) is 32.3 Å². The average molecular weight is 256 g/mol. The van der Waals surface area contributed by atoms with Gasteiger partial charge in [0, 0.05) is 13.1 Å². The first-order valence-corrected chi connectivity index (χ1v) is 6.87. The Balaban J connectivity index is 3.28. The highest BCUT2D eigenvalue weighted by Crippen LogP contribution is 2.15. The van der Waals surface area contributed by atoms with Crippen LogP contribution in [0.2, 0.25) is 0 Å². The number of carbonyl (C=O) groups is 1. The molecular formula is C11H16N2O3S. The molecule has 6 heteroatoms. The molecule has 0 aliphatic heterocycles. The van der Waals surface area contributed by atoms with Crippen LogP contribution in [0.15, 0.2) is 29.2 Å². The van der Waals surface area contributed by atoms with Gasteiger partial charge in [0.05, 0.1) is 10.5 Å². The number of carbonyl (C=O) groups excluding carboxylic acids is 1. The topological polar surface area (TPSA) is 80.5 Å². The highest BCUT2D eigenvalue weighted by Gasteiger charge is 2.21. The fourth-order valence-electron chi connectivity index (χ4n) is 1.57. The van der Waals surface area contributed by atoms with E-state index in [1.54, 1.807) is 17.0 Å². The van der Waals surface area contributed by atoms with Crippen molar-refractivity contribution in [2.45, 2.75) is 18.7 Å². The lowest BCUT2D eigenvalue weighted by atomic mass is 10.2. The minimum absolute atomic E-state index is 0.124. The van der Waals surface area contributed by atoms with Crippen LogP contribution < -0.4 is 5.14 Å². The van der Waals surface area contributed by atoms with Gasteiger partial charge in [-0.25, -0.2) is 13.6 Å². The molecule has 0 saturated carbocycles. The van der Waals surface area contributed by atoms with Gasteiger partial charge in [0.2, 0.25) is 10.0 Å². The van der Waals surface area contributed by atoms with Crippen LogP contribution in [-0.2, 0) is 10.0 Å². The predicted molar refractivity (Wildman–Crippen MR) is 65.1 cm³/mol. The van der Waals surface area contributed by atoms with Crippen molar-refractivity contribution in [1.82, 2.24) is 4.90 Å². The second-order valence-corrected chi connectivity index (χ2v) is 5.05. The molecule has 2 N–H and O–H groups in total. The van der Waals surface area contributed by atoms with Gasteiger partial charge in [-0.15, -0.1) is 0 Å². The monoisotopic (exact) mass is 256 g/mol. The summed E-state index contributed by atoms with van der Waals surface area (Å²) in [6, 6.07) is 5.97. The van der Waals surface area contributed by atoms with Crippen LogP contribution >= 0.6 is 0 Å². The van der Waals surface area contributed by atoms with E-state index >= 15 is 0 Å². The van der Waals surface area contributed by atoms with Crippen LogP contribution in [0.3, 0.4) is 0 Å². The zero-order chi connectivity index (χ0) is 13.1. The maximum atomic E-state index is 12.1. The van der Waals surface area contributed by atoms with Crippen molar-refractivity contribution in [2.75, 3.05) is 13.1 Å². The first-order valence-electron chi connectivity index (χ1n) is 5.32. The fourth-order valence-corrected chi connectivity index (χ4v) is 2.30. The molecule has 0 bridgehead atoms. The van der Waals surface area contributed by atoms with Crippen LogP contribution in [0.4, 0.5) is 0 Å². The van der Waals surface area contributed by atoms with Crippen molar-refractivity contribution in [1.29, 1.82) is 0 Å². The summed E-state index contributed by atoms with van der Waals surface area (Å²) in [5.74, 6) is -0.320. The Hall–Kier alpha value is -1.40. The van der Waals surface area contributed by atoms with E-state index in [1.165, 1.54) is 12.1 Å². The van der Waals surface area contributed by atoms with E-state index < -0.39 is 10.0 Å². The van der Waals surface area contributed by atoms with Gasteiger partial charge in [-0.1, -0.05) is 12.1 Å². The van der Waals surface area contributed by atoms with Crippen molar-refractivity contribution in [2.24, 2.45) is 5.14 Å². The van der Waals surface area contributed by atoms with Crippen molar-refractivity contribution < 1.29 is 13.2 Å². The average Bonchev–Trinajstić information content (AvgIpc) is 2.29. The van der Waals surface area contributed by atoms with E-state index in [-0.39, 0.29) is 16.4 Å². The quantitative estimate of drug-likeness (QED) is 0.865. The molecule has 0 atom stereocenters. The van der Waals surface area contributed by atoms with Gasteiger partial charge in [-0.2, -0.15) is 0 Å². The number of hydrogen-bond donors (Lipinski definition) is 1. The SMILES string of the molecule is CCN(CC)C(=O)c1ccccc1S(N)(=O)=O. The van der Waals surface area contributed by atoms with Crippen LogP contribution in [0.5, 0.6) is 0 Å². The smallest absolute Gasteiger partial charge is 0.255 e. The van der Waals surface area contributed by atoms with Gasteiger partial charge in [-0.05, 0) is 26.0 Å². The Morgan fingerprint density at radius 1 is 1.24 bits per heavy atom. The van der Waals surface area contributed by atoms with Crippen molar-refractivity contribution in [3.63, 3.8) is 0 Å². The van der Waals surface area contributed by atoms with Crippen LogP contribution in [0, 0.1) is 0 Å². The minimum Gasteiger partial charge on any atom is -0.339 e. The summed E-state index contributed by atoms with van der Waals surface area (Å²) >= 11 is 0. The number of hydrogen-bond acceptors (Lipinski definition) is 3. The number of nitrogens with two attached hydrogens (primary N) is 1. The Morgan fingerprint density at radius 3 is 2.24 bits per heavy atom. The summed E-state index contributed by atoms with van der Waals surface area (Å²) < 4.78 is 22.7. The molecule has 0 fully saturated rings. The summed E-state index contributed by atoms with van der Waals surface area (Å²) in [5, 5.41) is 5.08. The molecule has 0 spiro atoms. The first kappa shape index (κ1) is 13.7. The Bertz CT molecular complexity index is 507. The summed E-state index contributed by atoms with van der Waals surface area (Å²) in [6.07, 6.45) is 0. The normalized spacial score (nSPS) is 11.2.